The molecule has 6 nitrogen and oxygen atoms in total. The number of carbonyl (C=O) groups excluding carboxylic acids is 2. The van der Waals surface area contributed by atoms with E-state index in [0.29, 0.717) is 28.4 Å². The van der Waals surface area contributed by atoms with Crippen LogP contribution in [0.5, 0.6) is 0 Å². The number of aromatic nitrogens is 2. The Hall–Kier alpha value is -3.64. The summed E-state index contributed by atoms with van der Waals surface area (Å²) in [6.45, 7) is 1.25. The molecule has 156 valence electrons. The number of halogens is 1. The van der Waals surface area contributed by atoms with Gasteiger partial charge in [-0.1, -0.05) is 35.9 Å². The SMILES string of the molecule is O=C(Nc1ccccc1C(=O)NCCCn1cnc2ccccc21)c1ccc(Cl)cc1. The summed E-state index contributed by atoms with van der Waals surface area (Å²) in [5, 5.41) is 6.29. The van der Waals surface area contributed by atoms with Gasteiger partial charge in [-0.3, -0.25) is 9.59 Å². The van der Waals surface area contributed by atoms with Crippen LogP contribution in [0.15, 0.2) is 79.1 Å². The van der Waals surface area contributed by atoms with Crippen molar-refractivity contribution >= 4 is 40.1 Å². The van der Waals surface area contributed by atoms with Gasteiger partial charge >= 0.3 is 0 Å². The highest BCUT2D eigenvalue weighted by atomic mass is 35.5. The summed E-state index contributed by atoms with van der Waals surface area (Å²) in [5.41, 5.74) is 3.37. The molecule has 0 unspecified atom stereocenters. The number of rotatable bonds is 7. The second-order valence-corrected chi connectivity index (χ2v) is 7.48. The first kappa shape index (κ1) is 20.6. The maximum absolute atomic E-state index is 12.7. The quantitative estimate of drug-likeness (QED) is 0.413. The lowest BCUT2D eigenvalue weighted by Gasteiger charge is -2.12. The van der Waals surface area contributed by atoms with Crippen LogP contribution in [0.3, 0.4) is 0 Å². The predicted molar refractivity (Wildman–Crippen MR) is 123 cm³/mol. The Bertz CT molecular complexity index is 1220. The Labute approximate surface area is 184 Å². The Kier molecular flexibility index (Phi) is 6.29. The predicted octanol–water partition coefficient (Wildman–Crippen LogP) is 4.76. The van der Waals surface area contributed by atoms with E-state index in [9.17, 15) is 9.59 Å². The highest BCUT2D eigenvalue weighted by Crippen LogP contribution is 2.17. The number of nitrogens with one attached hydrogen (secondary N) is 2. The van der Waals surface area contributed by atoms with Crippen LogP contribution in [-0.4, -0.2) is 27.9 Å². The molecule has 0 saturated carbocycles. The minimum absolute atomic E-state index is 0.234. The average Bonchev–Trinajstić information content (AvgIpc) is 3.20. The van der Waals surface area contributed by atoms with E-state index in [1.807, 2.05) is 30.6 Å². The minimum atomic E-state index is -0.302. The van der Waals surface area contributed by atoms with E-state index in [1.54, 1.807) is 48.5 Å². The number of hydrogen-bond acceptors (Lipinski definition) is 3. The molecule has 0 saturated heterocycles. The van der Waals surface area contributed by atoms with Crippen molar-refractivity contribution < 1.29 is 9.59 Å². The fraction of sp³-hybridized carbons (Fsp3) is 0.125. The molecule has 1 aromatic heterocycles. The zero-order valence-corrected chi connectivity index (χ0v) is 17.5. The lowest BCUT2D eigenvalue weighted by atomic mass is 10.1. The Morgan fingerprint density at radius 3 is 2.48 bits per heavy atom. The summed E-state index contributed by atoms with van der Waals surface area (Å²) in [7, 11) is 0. The molecule has 2 N–H and O–H groups in total. The van der Waals surface area contributed by atoms with Crippen molar-refractivity contribution in [3.63, 3.8) is 0 Å². The van der Waals surface area contributed by atoms with Gasteiger partial charge < -0.3 is 15.2 Å². The van der Waals surface area contributed by atoms with Crippen molar-refractivity contribution in [3.8, 4) is 0 Å². The summed E-state index contributed by atoms with van der Waals surface area (Å²) in [5.74, 6) is -0.536. The number of para-hydroxylation sites is 3. The maximum atomic E-state index is 12.7. The highest BCUT2D eigenvalue weighted by Gasteiger charge is 2.14. The summed E-state index contributed by atoms with van der Waals surface area (Å²) in [6.07, 6.45) is 2.57. The first-order chi connectivity index (χ1) is 15.1. The summed E-state index contributed by atoms with van der Waals surface area (Å²) < 4.78 is 2.07. The van der Waals surface area contributed by atoms with Gasteiger partial charge in [0.25, 0.3) is 11.8 Å². The molecule has 0 aliphatic carbocycles. The Balaban J connectivity index is 1.35. The fourth-order valence-corrected chi connectivity index (χ4v) is 3.45. The van der Waals surface area contributed by atoms with E-state index in [4.69, 9.17) is 11.6 Å². The molecular weight excluding hydrogens is 412 g/mol. The van der Waals surface area contributed by atoms with Gasteiger partial charge in [-0.15, -0.1) is 0 Å². The van der Waals surface area contributed by atoms with E-state index in [2.05, 4.69) is 20.2 Å². The first-order valence-corrected chi connectivity index (χ1v) is 10.3. The van der Waals surface area contributed by atoms with Crippen molar-refractivity contribution in [2.75, 3.05) is 11.9 Å². The molecule has 0 aliphatic rings. The van der Waals surface area contributed by atoms with Crippen molar-refractivity contribution in [2.24, 2.45) is 0 Å². The zero-order chi connectivity index (χ0) is 21.6. The number of carbonyl (C=O) groups is 2. The molecule has 4 rings (SSSR count). The van der Waals surface area contributed by atoms with E-state index >= 15 is 0 Å². The number of benzene rings is 3. The zero-order valence-electron chi connectivity index (χ0n) is 16.7. The van der Waals surface area contributed by atoms with Crippen LogP contribution in [0.25, 0.3) is 11.0 Å². The van der Waals surface area contributed by atoms with E-state index in [0.717, 1.165) is 24.0 Å². The molecule has 2 amide bonds. The number of nitrogens with zero attached hydrogens (tertiary/aromatic N) is 2. The largest absolute Gasteiger partial charge is 0.352 e. The average molecular weight is 433 g/mol. The molecule has 0 atom stereocenters. The van der Waals surface area contributed by atoms with Crippen LogP contribution in [0.4, 0.5) is 5.69 Å². The van der Waals surface area contributed by atoms with Gasteiger partial charge in [0.05, 0.1) is 28.6 Å². The normalized spacial score (nSPS) is 10.7. The molecule has 3 aromatic carbocycles. The van der Waals surface area contributed by atoms with Crippen molar-refractivity contribution in [2.45, 2.75) is 13.0 Å². The third-order valence-corrected chi connectivity index (χ3v) is 5.17. The molecule has 0 bridgehead atoms. The third kappa shape index (κ3) is 4.92. The summed E-state index contributed by atoms with van der Waals surface area (Å²) in [4.78, 5) is 29.6. The molecule has 0 radical (unpaired) electrons. The lowest BCUT2D eigenvalue weighted by molar-refractivity contribution is 0.0953. The monoisotopic (exact) mass is 432 g/mol. The second-order valence-electron chi connectivity index (χ2n) is 7.04. The van der Waals surface area contributed by atoms with Crippen molar-refractivity contribution in [3.05, 3.63) is 95.3 Å². The molecule has 1 heterocycles. The van der Waals surface area contributed by atoms with Crippen LogP contribution in [0, 0.1) is 0 Å². The smallest absolute Gasteiger partial charge is 0.255 e. The maximum Gasteiger partial charge on any atom is 0.255 e. The number of hydrogen-bond donors (Lipinski definition) is 2. The molecule has 7 heteroatoms. The van der Waals surface area contributed by atoms with Crippen molar-refractivity contribution in [1.82, 2.24) is 14.9 Å². The Morgan fingerprint density at radius 2 is 1.65 bits per heavy atom. The van der Waals surface area contributed by atoms with Crippen LogP contribution in [0.2, 0.25) is 5.02 Å². The number of anilines is 1. The van der Waals surface area contributed by atoms with Gasteiger partial charge in [0.2, 0.25) is 0 Å². The topological polar surface area (TPSA) is 76.0 Å². The van der Waals surface area contributed by atoms with Crippen LogP contribution < -0.4 is 10.6 Å². The molecule has 0 fully saturated rings. The minimum Gasteiger partial charge on any atom is -0.352 e. The van der Waals surface area contributed by atoms with E-state index in [1.165, 1.54) is 0 Å². The first-order valence-electron chi connectivity index (χ1n) is 9.96. The van der Waals surface area contributed by atoms with Gasteiger partial charge in [0.15, 0.2) is 0 Å². The molecule has 31 heavy (non-hydrogen) atoms. The second kappa shape index (κ2) is 9.45. The van der Waals surface area contributed by atoms with Crippen molar-refractivity contribution in [1.29, 1.82) is 0 Å². The molecule has 0 aliphatic heterocycles. The van der Waals surface area contributed by atoms with Crippen LogP contribution >= 0.6 is 11.6 Å². The van der Waals surface area contributed by atoms with Crippen LogP contribution in [-0.2, 0) is 6.54 Å². The Morgan fingerprint density at radius 1 is 0.903 bits per heavy atom. The van der Waals surface area contributed by atoms with Crippen LogP contribution in [0.1, 0.15) is 27.1 Å². The number of amides is 2. The van der Waals surface area contributed by atoms with Gasteiger partial charge in [0, 0.05) is 23.7 Å². The summed E-state index contributed by atoms with van der Waals surface area (Å²) >= 11 is 5.88. The summed E-state index contributed by atoms with van der Waals surface area (Å²) in [6, 6.07) is 21.5. The van der Waals surface area contributed by atoms with Gasteiger partial charge in [-0.25, -0.2) is 4.98 Å². The van der Waals surface area contributed by atoms with Gasteiger partial charge in [-0.05, 0) is 55.0 Å². The highest BCUT2D eigenvalue weighted by molar-refractivity contribution is 6.30. The lowest BCUT2D eigenvalue weighted by Crippen LogP contribution is -2.26. The molecule has 0 spiro atoms. The standard InChI is InChI=1S/C24H21ClN4O2/c25-18-12-10-17(11-13-18)23(30)28-20-7-2-1-6-19(20)24(31)26-14-5-15-29-16-27-21-8-3-4-9-22(21)29/h1-4,6-13,16H,5,14-15H2,(H,26,31)(H,28,30). The number of imidazole rings is 1. The number of aryl methyl sites for hydroxylation is 1. The fourth-order valence-electron chi connectivity index (χ4n) is 3.32. The van der Waals surface area contributed by atoms with E-state index < -0.39 is 0 Å². The molecular formula is C24H21ClN4O2. The van der Waals surface area contributed by atoms with Gasteiger partial charge in [-0.2, -0.15) is 0 Å². The number of fused-ring (bicyclic) bond motifs is 1. The van der Waals surface area contributed by atoms with Gasteiger partial charge in [0.1, 0.15) is 0 Å². The third-order valence-electron chi connectivity index (χ3n) is 4.92. The molecule has 4 aromatic rings. The van der Waals surface area contributed by atoms with E-state index in [-0.39, 0.29) is 11.8 Å².